The first-order valence-corrected chi connectivity index (χ1v) is 8.88. The minimum Gasteiger partial charge on any atom is -0.391 e. The van der Waals surface area contributed by atoms with Gasteiger partial charge in [0.2, 0.25) is 0 Å². The molecule has 1 unspecified atom stereocenters. The van der Waals surface area contributed by atoms with Gasteiger partial charge in [-0.2, -0.15) is 0 Å². The Morgan fingerprint density at radius 1 is 1.30 bits per heavy atom. The van der Waals surface area contributed by atoms with E-state index in [2.05, 4.69) is 49.8 Å². The maximum absolute atomic E-state index is 9.77. The van der Waals surface area contributed by atoms with Crippen LogP contribution in [0.1, 0.15) is 6.42 Å². The molecule has 0 spiro atoms. The maximum Gasteiger partial charge on any atom is 0.180 e. The summed E-state index contributed by atoms with van der Waals surface area (Å²) in [4.78, 5) is 12.4. The highest BCUT2D eigenvalue weighted by molar-refractivity contribution is 7.98. The van der Waals surface area contributed by atoms with Crippen molar-refractivity contribution in [1.82, 2.24) is 14.4 Å². The van der Waals surface area contributed by atoms with Crippen LogP contribution in [0.25, 0.3) is 16.9 Å². The number of thioether (sulfide) groups is 1. The van der Waals surface area contributed by atoms with Crippen LogP contribution in [-0.4, -0.2) is 44.9 Å². The summed E-state index contributed by atoms with van der Waals surface area (Å²) in [5.74, 6) is 0.844. The van der Waals surface area contributed by atoms with E-state index in [1.54, 1.807) is 18.0 Å². The van der Waals surface area contributed by atoms with Gasteiger partial charge in [-0.15, -0.1) is 11.8 Å². The minimum atomic E-state index is -0.273. The fourth-order valence-corrected chi connectivity index (χ4v) is 3.52. The molecule has 0 radical (unpaired) electrons. The van der Waals surface area contributed by atoms with Gasteiger partial charge in [0.1, 0.15) is 0 Å². The van der Waals surface area contributed by atoms with Crippen LogP contribution in [0.5, 0.6) is 0 Å². The molecule has 0 bridgehead atoms. The number of anilines is 1. The highest BCUT2D eigenvalue weighted by Crippen LogP contribution is 2.28. The van der Waals surface area contributed by atoms with Gasteiger partial charge >= 0.3 is 0 Å². The molecule has 4 rings (SSSR count). The molecule has 1 fully saturated rings. The molecule has 1 N–H and O–H groups in total. The predicted molar refractivity (Wildman–Crippen MR) is 93.0 cm³/mol. The quantitative estimate of drug-likeness (QED) is 0.750. The zero-order chi connectivity index (χ0) is 15.8. The zero-order valence-corrected chi connectivity index (χ0v) is 13.7. The summed E-state index contributed by atoms with van der Waals surface area (Å²) in [7, 11) is 0. The van der Waals surface area contributed by atoms with Crippen molar-refractivity contribution in [3.05, 3.63) is 42.9 Å². The molecule has 0 aliphatic carbocycles. The van der Waals surface area contributed by atoms with Gasteiger partial charge in [0.05, 0.1) is 18.0 Å². The van der Waals surface area contributed by atoms with Crippen molar-refractivity contribution in [3.63, 3.8) is 0 Å². The van der Waals surface area contributed by atoms with Crippen LogP contribution in [0.2, 0.25) is 0 Å². The first-order valence-electron chi connectivity index (χ1n) is 7.66. The standard InChI is InChI=1S/C17H18N4OS/c1-23-14-4-2-3-12(9-14)15-10-19-17-16(18-6-8-21(15)17)20-7-5-13(22)11-20/h2-4,6,8-10,13,22H,5,7,11H2,1H3. The third-order valence-corrected chi connectivity index (χ3v) is 4.96. The zero-order valence-electron chi connectivity index (χ0n) is 12.9. The summed E-state index contributed by atoms with van der Waals surface area (Å²) in [5, 5.41) is 9.77. The summed E-state index contributed by atoms with van der Waals surface area (Å²) in [6, 6.07) is 8.45. The Morgan fingerprint density at radius 3 is 3.00 bits per heavy atom. The number of aromatic nitrogens is 3. The number of aliphatic hydroxyl groups excluding tert-OH is 1. The van der Waals surface area contributed by atoms with Crippen LogP contribution >= 0.6 is 11.8 Å². The number of fused-ring (bicyclic) bond motifs is 1. The number of imidazole rings is 1. The number of benzene rings is 1. The highest BCUT2D eigenvalue weighted by Gasteiger charge is 2.24. The number of nitrogens with zero attached hydrogens (tertiary/aromatic N) is 4. The Labute approximate surface area is 139 Å². The van der Waals surface area contributed by atoms with E-state index in [1.165, 1.54) is 4.90 Å². The van der Waals surface area contributed by atoms with E-state index >= 15 is 0 Å². The average Bonchev–Trinajstić information content (AvgIpc) is 3.21. The normalized spacial score (nSPS) is 18.0. The monoisotopic (exact) mass is 326 g/mol. The Hall–Kier alpha value is -2.05. The Bertz CT molecular complexity index is 847. The SMILES string of the molecule is CSc1cccc(-c2cnc3c(N4CCC(O)C4)nccn23)c1. The second-order valence-electron chi connectivity index (χ2n) is 5.71. The van der Waals surface area contributed by atoms with Crippen molar-refractivity contribution in [3.8, 4) is 11.3 Å². The number of rotatable bonds is 3. The number of hydrogen-bond donors (Lipinski definition) is 1. The van der Waals surface area contributed by atoms with Crippen LogP contribution in [0.3, 0.4) is 0 Å². The first-order chi connectivity index (χ1) is 11.3. The summed E-state index contributed by atoms with van der Waals surface area (Å²) in [6.45, 7) is 1.44. The van der Waals surface area contributed by atoms with Gasteiger partial charge in [-0.05, 0) is 24.8 Å². The number of aliphatic hydroxyl groups is 1. The lowest BCUT2D eigenvalue weighted by atomic mass is 10.2. The molecule has 5 nitrogen and oxygen atoms in total. The summed E-state index contributed by atoms with van der Waals surface area (Å²) < 4.78 is 2.08. The van der Waals surface area contributed by atoms with Crippen molar-refractivity contribution in [2.45, 2.75) is 17.4 Å². The Morgan fingerprint density at radius 2 is 2.22 bits per heavy atom. The molecule has 6 heteroatoms. The molecule has 3 heterocycles. The van der Waals surface area contributed by atoms with Crippen LogP contribution in [-0.2, 0) is 0 Å². The van der Waals surface area contributed by atoms with Gasteiger partial charge in [0, 0.05) is 35.9 Å². The van der Waals surface area contributed by atoms with Crippen molar-refractivity contribution in [2.75, 3.05) is 24.2 Å². The van der Waals surface area contributed by atoms with Gasteiger partial charge in [0.25, 0.3) is 0 Å². The lowest BCUT2D eigenvalue weighted by molar-refractivity contribution is 0.198. The second kappa shape index (κ2) is 5.86. The van der Waals surface area contributed by atoms with E-state index in [0.29, 0.717) is 6.54 Å². The van der Waals surface area contributed by atoms with Crippen molar-refractivity contribution in [1.29, 1.82) is 0 Å². The molecule has 3 aromatic rings. The largest absolute Gasteiger partial charge is 0.391 e. The van der Waals surface area contributed by atoms with Gasteiger partial charge < -0.3 is 10.0 Å². The van der Waals surface area contributed by atoms with Crippen molar-refractivity contribution >= 4 is 23.2 Å². The van der Waals surface area contributed by atoms with Crippen LogP contribution in [0.15, 0.2) is 47.8 Å². The first kappa shape index (κ1) is 14.5. The molecule has 0 amide bonds. The fraction of sp³-hybridized carbons (Fsp3) is 0.294. The molecule has 2 aromatic heterocycles. The van der Waals surface area contributed by atoms with Gasteiger partial charge in [-0.1, -0.05) is 12.1 Å². The van der Waals surface area contributed by atoms with Crippen LogP contribution < -0.4 is 4.90 Å². The van der Waals surface area contributed by atoms with E-state index in [9.17, 15) is 5.11 Å². The molecule has 1 aliphatic rings. The predicted octanol–water partition coefficient (Wildman–Crippen LogP) is 2.69. The number of β-amino-alcohol motifs (C(OH)–C–C–N with tert-alkyl or cyclic N) is 1. The molecular weight excluding hydrogens is 308 g/mol. The van der Waals surface area contributed by atoms with Crippen molar-refractivity contribution in [2.24, 2.45) is 0 Å². The molecule has 1 aromatic carbocycles. The Balaban J connectivity index is 1.81. The van der Waals surface area contributed by atoms with Crippen LogP contribution in [0, 0.1) is 0 Å². The molecule has 1 atom stereocenters. The molecular formula is C17H18N4OS. The van der Waals surface area contributed by atoms with E-state index < -0.39 is 0 Å². The van der Waals surface area contributed by atoms with Gasteiger partial charge in [-0.3, -0.25) is 4.40 Å². The average molecular weight is 326 g/mol. The van der Waals surface area contributed by atoms with E-state index in [-0.39, 0.29) is 6.10 Å². The third kappa shape index (κ3) is 2.58. The topological polar surface area (TPSA) is 53.7 Å². The maximum atomic E-state index is 9.77. The molecule has 0 saturated carbocycles. The van der Waals surface area contributed by atoms with Gasteiger partial charge in [0.15, 0.2) is 11.5 Å². The van der Waals surface area contributed by atoms with E-state index in [4.69, 9.17) is 0 Å². The second-order valence-corrected chi connectivity index (χ2v) is 6.59. The summed E-state index contributed by atoms with van der Waals surface area (Å²) in [5.41, 5.74) is 3.04. The van der Waals surface area contributed by atoms with Gasteiger partial charge in [-0.25, -0.2) is 9.97 Å². The van der Waals surface area contributed by atoms with Crippen molar-refractivity contribution < 1.29 is 5.11 Å². The Kier molecular flexibility index (Phi) is 3.71. The lowest BCUT2D eigenvalue weighted by Crippen LogP contribution is -2.23. The summed E-state index contributed by atoms with van der Waals surface area (Å²) in [6.07, 6.45) is 8.23. The molecule has 118 valence electrons. The highest BCUT2D eigenvalue weighted by atomic mass is 32.2. The number of hydrogen-bond acceptors (Lipinski definition) is 5. The third-order valence-electron chi connectivity index (χ3n) is 4.24. The smallest absolute Gasteiger partial charge is 0.180 e. The lowest BCUT2D eigenvalue weighted by Gasteiger charge is -2.17. The van der Waals surface area contributed by atoms with E-state index in [0.717, 1.165) is 35.7 Å². The van der Waals surface area contributed by atoms with Crippen LogP contribution in [0.4, 0.5) is 5.82 Å². The van der Waals surface area contributed by atoms with E-state index in [1.807, 2.05) is 12.4 Å². The molecule has 1 aliphatic heterocycles. The molecule has 23 heavy (non-hydrogen) atoms. The fourth-order valence-electron chi connectivity index (χ4n) is 3.06. The minimum absolute atomic E-state index is 0.273. The molecule has 1 saturated heterocycles. The summed E-state index contributed by atoms with van der Waals surface area (Å²) >= 11 is 1.73.